The van der Waals surface area contributed by atoms with Crippen molar-refractivity contribution in [3.05, 3.63) is 66.5 Å². The van der Waals surface area contributed by atoms with Crippen LogP contribution >= 0.6 is 0 Å². The molecule has 6 heteroatoms. The van der Waals surface area contributed by atoms with Gasteiger partial charge in [0.2, 0.25) is 0 Å². The zero-order valence-electron chi connectivity index (χ0n) is 17.7. The Balaban J connectivity index is 1.12. The SMILES string of the molecule is O=C(COc1ccccc1)N1CCC(CN2CCc3cc(-c4cn[nH]c4)ccc32)CC1. The number of likely N-dealkylation sites (tertiary alicyclic amines) is 1. The summed E-state index contributed by atoms with van der Waals surface area (Å²) in [7, 11) is 0. The molecule has 1 amide bonds. The van der Waals surface area contributed by atoms with Crippen molar-refractivity contribution in [3.63, 3.8) is 0 Å². The van der Waals surface area contributed by atoms with E-state index >= 15 is 0 Å². The third kappa shape index (κ3) is 4.43. The quantitative estimate of drug-likeness (QED) is 0.665. The number of para-hydroxylation sites is 1. The van der Waals surface area contributed by atoms with Crippen LogP contribution in [0.15, 0.2) is 60.9 Å². The molecule has 0 bridgehead atoms. The van der Waals surface area contributed by atoms with Crippen molar-refractivity contribution in [2.75, 3.05) is 37.7 Å². The largest absolute Gasteiger partial charge is 0.484 e. The monoisotopic (exact) mass is 416 g/mol. The van der Waals surface area contributed by atoms with E-state index < -0.39 is 0 Å². The predicted molar refractivity (Wildman–Crippen MR) is 121 cm³/mol. The fourth-order valence-electron chi connectivity index (χ4n) is 4.68. The molecule has 0 aliphatic carbocycles. The summed E-state index contributed by atoms with van der Waals surface area (Å²) in [6.07, 6.45) is 7.00. The Bertz CT molecular complexity index is 1010. The van der Waals surface area contributed by atoms with Crippen molar-refractivity contribution in [2.45, 2.75) is 19.3 Å². The van der Waals surface area contributed by atoms with Crippen LogP contribution in [0, 0.1) is 5.92 Å². The Kier molecular flexibility index (Phi) is 5.61. The van der Waals surface area contributed by atoms with Crippen molar-refractivity contribution >= 4 is 11.6 Å². The minimum absolute atomic E-state index is 0.0839. The summed E-state index contributed by atoms with van der Waals surface area (Å²) in [5, 5.41) is 6.95. The highest BCUT2D eigenvalue weighted by Crippen LogP contribution is 2.33. The van der Waals surface area contributed by atoms with Crippen molar-refractivity contribution in [1.82, 2.24) is 15.1 Å². The maximum absolute atomic E-state index is 12.5. The van der Waals surface area contributed by atoms with E-state index in [-0.39, 0.29) is 12.5 Å². The van der Waals surface area contributed by atoms with Gasteiger partial charge < -0.3 is 14.5 Å². The molecule has 31 heavy (non-hydrogen) atoms. The van der Waals surface area contributed by atoms with Crippen molar-refractivity contribution in [2.24, 2.45) is 5.92 Å². The lowest BCUT2D eigenvalue weighted by molar-refractivity contribution is -0.134. The van der Waals surface area contributed by atoms with E-state index in [9.17, 15) is 4.79 Å². The van der Waals surface area contributed by atoms with Gasteiger partial charge in [0.1, 0.15) is 5.75 Å². The molecule has 1 aromatic heterocycles. The number of H-pyrrole nitrogens is 1. The number of anilines is 1. The topological polar surface area (TPSA) is 61.5 Å². The number of benzene rings is 2. The van der Waals surface area contributed by atoms with Gasteiger partial charge in [-0.15, -0.1) is 0 Å². The number of rotatable bonds is 6. The first kappa shape index (κ1) is 19.7. The first-order chi connectivity index (χ1) is 15.3. The number of amides is 1. The van der Waals surface area contributed by atoms with Crippen molar-refractivity contribution < 1.29 is 9.53 Å². The number of carbonyl (C=O) groups excluding carboxylic acids is 1. The number of nitrogens with one attached hydrogen (secondary N) is 1. The number of ether oxygens (including phenoxy) is 1. The molecule has 2 aliphatic heterocycles. The Morgan fingerprint density at radius 3 is 2.68 bits per heavy atom. The molecule has 1 saturated heterocycles. The average Bonchev–Trinajstić information content (AvgIpc) is 3.49. The van der Waals surface area contributed by atoms with Crippen LogP contribution in [0.3, 0.4) is 0 Å². The Morgan fingerprint density at radius 1 is 1.06 bits per heavy atom. The van der Waals surface area contributed by atoms with Gasteiger partial charge in [0.05, 0.1) is 6.20 Å². The molecular weight excluding hydrogens is 388 g/mol. The average molecular weight is 417 g/mol. The lowest BCUT2D eigenvalue weighted by Crippen LogP contribution is -2.43. The van der Waals surface area contributed by atoms with Gasteiger partial charge in [-0.3, -0.25) is 9.89 Å². The summed E-state index contributed by atoms with van der Waals surface area (Å²) in [5.74, 6) is 1.45. The number of fused-ring (bicyclic) bond motifs is 1. The summed E-state index contributed by atoms with van der Waals surface area (Å²) in [6.45, 7) is 3.91. The number of aromatic nitrogens is 2. The Labute approximate surface area is 182 Å². The van der Waals surface area contributed by atoms with Crippen LogP contribution in [0.25, 0.3) is 11.1 Å². The number of hydrogen-bond donors (Lipinski definition) is 1. The lowest BCUT2D eigenvalue weighted by atomic mass is 9.96. The fraction of sp³-hybridized carbons (Fsp3) is 0.360. The summed E-state index contributed by atoms with van der Waals surface area (Å²) in [5.41, 5.74) is 5.14. The normalized spacial score (nSPS) is 16.4. The standard InChI is InChI=1S/C25H28N4O2/c30-25(18-31-23-4-2-1-3-5-23)28-11-8-19(9-12-28)17-29-13-10-21-14-20(6-7-24(21)29)22-15-26-27-16-22/h1-7,14-16,19H,8-13,17-18H2,(H,26,27). The molecule has 0 unspecified atom stereocenters. The van der Waals surface area contributed by atoms with Gasteiger partial charge in [-0.05, 0) is 60.6 Å². The predicted octanol–water partition coefficient (Wildman–Crippen LogP) is 3.76. The van der Waals surface area contributed by atoms with Gasteiger partial charge in [0.15, 0.2) is 6.61 Å². The molecule has 1 fully saturated rings. The van der Waals surface area contributed by atoms with Gasteiger partial charge >= 0.3 is 0 Å². The van der Waals surface area contributed by atoms with Crippen LogP contribution in [0.1, 0.15) is 18.4 Å². The molecule has 5 rings (SSSR count). The molecule has 6 nitrogen and oxygen atoms in total. The number of aromatic amines is 1. The third-order valence-electron chi connectivity index (χ3n) is 6.45. The first-order valence-corrected chi connectivity index (χ1v) is 11.1. The third-order valence-corrected chi connectivity index (χ3v) is 6.45. The molecule has 1 N–H and O–H groups in total. The molecule has 0 saturated carbocycles. The van der Waals surface area contributed by atoms with E-state index in [0.717, 1.165) is 56.8 Å². The molecule has 3 aromatic rings. The fourth-order valence-corrected chi connectivity index (χ4v) is 4.68. The molecule has 0 spiro atoms. The number of hydrogen-bond acceptors (Lipinski definition) is 4. The first-order valence-electron chi connectivity index (χ1n) is 11.1. The highest BCUT2D eigenvalue weighted by Gasteiger charge is 2.27. The highest BCUT2D eigenvalue weighted by atomic mass is 16.5. The molecule has 0 atom stereocenters. The van der Waals surface area contributed by atoms with Crippen LogP contribution in [-0.2, 0) is 11.2 Å². The summed E-state index contributed by atoms with van der Waals surface area (Å²) in [4.78, 5) is 17.0. The van der Waals surface area contributed by atoms with E-state index in [1.807, 2.05) is 47.6 Å². The van der Waals surface area contributed by atoms with Crippen LogP contribution < -0.4 is 9.64 Å². The van der Waals surface area contributed by atoms with Crippen molar-refractivity contribution in [1.29, 1.82) is 0 Å². The Hall–Kier alpha value is -3.28. The van der Waals surface area contributed by atoms with E-state index in [0.29, 0.717) is 5.92 Å². The Morgan fingerprint density at radius 2 is 1.90 bits per heavy atom. The second kappa shape index (κ2) is 8.84. The zero-order valence-corrected chi connectivity index (χ0v) is 17.7. The van der Waals surface area contributed by atoms with Gasteiger partial charge in [0.25, 0.3) is 5.91 Å². The van der Waals surface area contributed by atoms with E-state index in [2.05, 4.69) is 33.3 Å². The number of piperidine rings is 1. The molecule has 2 aromatic carbocycles. The van der Waals surface area contributed by atoms with Gasteiger partial charge in [-0.1, -0.05) is 24.3 Å². The highest BCUT2D eigenvalue weighted by molar-refractivity contribution is 5.77. The second-order valence-electron chi connectivity index (χ2n) is 8.45. The molecule has 0 radical (unpaired) electrons. The summed E-state index contributed by atoms with van der Waals surface area (Å²) >= 11 is 0. The number of carbonyl (C=O) groups is 1. The minimum Gasteiger partial charge on any atom is -0.484 e. The molecule has 160 valence electrons. The number of nitrogens with zero attached hydrogens (tertiary/aromatic N) is 3. The van der Waals surface area contributed by atoms with Gasteiger partial charge in [0, 0.05) is 43.6 Å². The molecular formula is C25H28N4O2. The van der Waals surface area contributed by atoms with E-state index in [1.54, 1.807) is 0 Å². The lowest BCUT2D eigenvalue weighted by Gasteiger charge is -2.34. The second-order valence-corrected chi connectivity index (χ2v) is 8.45. The summed E-state index contributed by atoms with van der Waals surface area (Å²) < 4.78 is 5.63. The van der Waals surface area contributed by atoms with Crippen LogP contribution in [0.4, 0.5) is 5.69 Å². The smallest absolute Gasteiger partial charge is 0.260 e. The maximum Gasteiger partial charge on any atom is 0.260 e. The minimum atomic E-state index is 0.0839. The summed E-state index contributed by atoms with van der Waals surface area (Å²) in [6, 6.07) is 16.3. The van der Waals surface area contributed by atoms with Crippen molar-refractivity contribution in [3.8, 4) is 16.9 Å². The van der Waals surface area contributed by atoms with Gasteiger partial charge in [-0.2, -0.15) is 5.10 Å². The van der Waals surface area contributed by atoms with E-state index in [1.165, 1.54) is 16.8 Å². The maximum atomic E-state index is 12.5. The van der Waals surface area contributed by atoms with E-state index in [4.69, 9.17) is 4.74 Å². The van der Waals surface area contributed by atoms with Crippen LogP contribution in [-0.4, -0.2) is 53.8 Å². The zero-order chi connectivity index (χ0) is 21.0. The van der Waals surface area contributed by atoms with Crippen LogP contribution in [0.2, 0.25) is 0 Å². The molecule has 3 heterocycles. The van der Waals surface area contributed by atoms with Gasteiger partial charge in [-0.25, -0.2) is 0 Å². The van der Waals surface area contributed by atoms with Crippen LogP contribution in [0.5, 0.6) is 5.75 Å². The molecule has 2 aliphatic rings.